The number of nitrogens with one attached hydrogen (secondary N) is 1. The Labute approximate surface area is 158 Å². The monoisotopic (exact) mass is 382 g/mol. The number of imidazole rings is 2. The molecule has 28 heavy (non-hydrogen) atoms. The van der Waals surface area contributed by atoms with Crippen molar-refractivity contribution in [2.45, 2.75) is 31.7 Å². The van der Waals surface area contributed by atoms with E-state index in [0.29, 0.717) is 34.1 Å². The lowest BCUT2D eigenvalue weighted by molar-refractivity contribution is 0.169. The largest absolute Gasteiger partial charge is 0.396 e. The normalized spacial score (nSPS) is 20.2. The Morgan fingerprint density at radius 2 is 2.04 bits per heavy atom. The van der Waals surface area contributed by atoms with Gasteiger partial charge in [-0.3, -0.25) is 9.13 Å². The van der Waals surface area contributed by atoms with Crippen LogP contribution < -0.4 is 5.69 Å². The Morgan fingerprint density at radius 1 is 1.21 bits per heavy atom. The summed E-state index contributed by atoms with van der Waals surface area (Å²) in [5.41, 5.74) is 2.08. The van der Waals surface area contributed by atoms with Gasteiger partial charge in [-0.2, -0.15) is 4.98 Å². The average molecular weight is 382 g/mol. The zero-order valence-corrected chi connectivity index (χ0v) is 15.0. The van der Waals surface area contributed by atoms with Crippen molar-refractivity contribution in [1.82, 2.24) is 29.1 Å². The van der Waals surface area contributed by atoms with Crippen molar-refractivity contribution >= 4 is 22.2 Å². The van der Waals surface area contributed by atoms with E-state index in [2.05, 4.69) is 19.9 Å². The van der Waals surface area contributed by atoms with E-state index >= 15 is 0 Å². The van der Waals surface area contributed by atoms with Crippen LogP contribution in [0.1, 0.15) is 31.7 Å². The van der Waals surface area contributed by atoms with Gasteiger partial charge in [0.1, 0.15) is 17.7 Å². The summed E-state index contributed by atoms with van der Waals surface area (Å²) in [5.74, 6) is 0.265. The highest BCUT2D eigenvalue weighted by Gasteiger charge is 2.25. The second kappa shape index (κ2) is 6.52. The molecule has 0 atom stereocenters. The van der Waals surface area contributed by atoms with Crippen LogP contribution in [-0.2, 0) is 0 Å². The molecule has 0 aliphatic heterocycles. The van der Waals surface area contributed by atoms with E-state index in [0.717, 1.165) is 25.7 Å². The molecule has 3 heterocycles. The molecule has 9 heteroatoms. The van der Waals surface area contributed by atoms with Gasteiger partial charge in [-0.05, 0) is 43.7 Å². The molecule has 0 radical (unpaired) electrons. The summed E-state index contributed by atoms with van der Waals surface area (Å²) in [6.07, 6.45) is 6.51. The number of fused-ring (bicyclic) bond motifs is 2. The van der Waals surface area contributed by atoms with Crippen molar-refractivity contribution in [3.63, 3.8) is 0 Å². The van der Waals surface area contributed by atoms with Gasteiger partial charge < -0.3 is 10.1 Å². The Bertz CT molecular complexity index is 1220. The van der Waals surface area contributed by atoms with Crippen molar-refractivity contribution in [1.29, 1.82) is 0 Å². The van der Waals surface area contributed by atoms with Gasteiger partial charge in [-0.25, -0.2) is 19.2 Å². The predicted octanol–water partition coefficient (Wildman–Crippen LogP) is 2.32. The van der Waals surface area contributed by atoms with E-state index in [9.17, 15) is 14.3 Å². The highest BCUT2D eigenvalue weighted by atomic mass is 19.1. The molecular weight excluding hydrogens is 363 g/mol. The maximum absolute atomic E-state index is 13.7. The SMILES string of the molecule is O=c1[nH]c2cnc(-n3cnc4ccc(F)cc43)nc2n1[C@H]1CC[C@H](CO)CC1. The van der Waals surface area contributed by atoms with Crippen molar-refractivity contribution < 1.29 is 9.50 Å². The first-order valence-electron chi connectivity index (χ1n) is 9.35. The predicted molar refractivity (Wildman–Crippen MR) is 101 cm³/mol. The van der Waals surface area contributed by atoms with E-state index in [1.807, 2.05) is 0 Å². The molecule has 1 aliphatic carbocycles. The van der Waals surface area contributed by atoms with Crippen LogP contribution in [0, 0.1) is 11.7 Å². The van der Waals surface area contributed by atoms with Gasteiger partial charge >= 0.3 is 5.69 Å². The lowest BCUT2D eigenvalue weighted by atomic mass is 9.86. The number of rotatable bonds is 3. The zero-order chi connectivity index (χ0) is 19.3. The molecule has 1 saturated carbocycles. The minimum Gasteiger partial charge on any atom is -0.396 e. The maximum Gasteiger partial charge on any atom is 0.327 e. The third-order valence-electron chi connectivity index (χ3n) is 5.61. The standard InChI is InChI=1S/C19H19FN6O2/c20-12-3-6-14-16(7-12)25(10-22-14)18-21-8-15-17(24-18)26(19(28)23-15)13-4-1-11(9-27)2-5-13/h3,6-8,10-11,13,27H,1-2,4-5,9H2,(H,23,28)/t11-,13-. The van der Waals surface area contributed by atoms with Crippen LogP contribution in [0.15, 0.2) is 35.5 Å². The molecule has 1 fully saturated rings. The summed E-state index contributed by atoms with van der Waals surface area (Å²) in [5, 5.41) is 9.35. The number of hydrogen-bond acceptors (Lipinski definition) is 5. The summed E-state index contributed by atoms with van der Waals surface area (Å²) in [6.45, 7) is 0.187. The van der Waals surface area contributed by atoms with Gasteiger partial charge in [0.15, 0.2) is 5.65 Å². The Hall–Kier alpha value is -3.07. The number of aliphatic hydroxyl groups excluding tert-OH is 1. The lowest BCUT2D eigenvalue weighted by Crippen LogP contribution is -2.27. The quantitative estimate of drug-likeness (QED) is 0.566. The van der Waals surface area contributed by atoms with Gasteiger partial charge in [0.2, 0.25) is 5.95 Å². The molecule has 0 unspecified atom stereocenters. The van der Waals surface area contributed by atoms with Gasteiger partial charge in [0.25, 0.3) is 0 Å². The zero-order valence-electron chi connectivity index (χ0n) is 15.0. The molecule has 0 spiro atoms. The maximum atomic E-state index is 13.7. The average Bonchev–Trinajstić information content (AvgIpc) is 3.27. The molecule has 8 nitrogen and oxygen atoms in total. The fourth-order valence-electron chi connectivity index (χ4n) is 4.09. The topological polar surface area (TPSA) is 102 Å². The third-order valence-corrected chi connectivity index (χ3v) is 5.61. The van der Waals surface area contributed by atoms with Crippen LogP contribution in [0.4, 0.5) is 4.39 Å². The second-order valence-electron chi connectivity index (χ2n) is 7.31. The number of aromatic nitrogens is 6. The number of H-pyrrole nitrogens is 1. The molecule has 1 aromatic carbocycles. The first kappa shape index (κ1) is 17.1. The fraction of sp³-hybridized carbons (Fsp3) is 0.368. The fourth-order valence-corrected chi connectivity index (χ4v) is 4.09. The molecular formula is C19H19FN6O2. The van der Waals surface area contributed by atoms with Crippen LogP contribution in [0.2, 0.25) is 0 Å². The molecule has 2 N–H and O–H groups in total. The molecule has 0 bridgehead atoms. The van der Waals surface area contributed by atoms with E-state index < -0.39 is 0 Å². The summed E-state index contributed by atoms with van der Waals surface area (Å²) in [6, 6.07) is 4.38. The molecule has 3 aromatic heterocycles. The second-order valence-corrected chi connectivity index (χ2v) is 7.31. The van der Waals surface area contributed by atoms with Gasteiger partial charge in [0.05, 0.1) is 17.2 Å². The number of hydrogen-bond donors (Lipinski definition) is 2. The Balaban J connectivity index is 1.61. The number of aromatic amines is 1. The summed E-state index contributed by atoms with van der Waals surface area (Å²) in [7, 11) is 0. The molecule has 4 aromatic rings. The van der Waals surface area contributed by atoms with Crippen molar-refractivity contribution in [3.8, 4) is 5.95 Å². The minimum absolute atomic E-state index is 0.0313. The smallest absolute Gasteiger partial charge is 0.327 e. The molecule has 0 amide bonds. The van der Waals surface area contributed by atoms with Gasteiger partial charge in [-0.1, -0.05) is 0 Å². The van der Waals surface area contributed by atoms with Gasteiger partial charge in [-0.15, -0.1) is 0 Å². The summed E-state index contributed by atoms with van der Waals surface area (Å²) < 4.78 is 17.0. The first-order valence-corrected chi connectivity index (χ1v) is 9.35. The third kappa shape index (κ3) is 2.70. The molecule has 0 saturated heterocycles. The van der Waals surface area contributed by atoms with Crippen molar-refractivity contribution in [3.05, 3.63) is 47.0 Å². The minimum atomic E-state index is -0.366. The summed E-state index contributed by atoms with van der Waals surface area (Å²) in [4.78, 5) is 28.6. The molecule has 144 valence electrons. The molecule has 5 rings (SSSR count). The highest BCUT2D eigenvalue weighted by Crippen LogP contribution is 2.32. The summed E-state index contributed by atoms with van der Waals surface area (Å²) >= 11 is 0. The highest BCUT2D eigenvalue weighted by molar-refractivity contribution is 5.77. The van der Waals surface area contributed by atoms with Crippen LogP contribution >= 0.6 is 0 Å². The Kier molecular flexibility index (Phi) is 3.97. The first-order chi connectivity index (χ1) is 13.6. The number of halogens is 1. The van der Waals surface area contributed by atoms with Crippen LogP contribution in [0.25, 0.3) is 28.1 Å². The van der Waals surface area contributed by atoms with Crippen LogP contribution in [0.3, 0.4) is 0 Å². The number of benzene rings is 1. The van der Waals surface area contributed by atoms with Crippen LogP contribution in [-0.4, -0.2) is 40.8 Å². The Morgan fingerprint density at radius 3 is 2.82 bits per heavy atom. The van der Waals surface area contributed by atoms with E-state index in [1.165, 1.54) is 12.1 Å². The lowest BCUT2D eigenvalue weighted by Gasteiger charge is -2.27. The van der Waals surface area contributed by atoms with Crippen molar-refractivity contribution in [2.75, 3.05) is 6.61 Å². The van der Waals surface area contributed by atoms with E-state index in [1.54, 1.807) is 27.7 Å². The van der Waals surface area contributed by atoms with E-state index in [4.69, 9.17) is 0 Å². The van der Waals surface area contributed by atoms with Crippen LogP contribution in [0.5, 0.6) is 0 Å². The molecule has 1 aliphatic rings. The number of aliphatic hydroxyl groups is 1. The van der Waals surface area contributed by atoms with Gasteiger partial charge in [0, 0.05) is 18.7 Å². The number of nitrogens with zero attached hydrogens (tertiary/aromatic N) is 5. The van der Waals surface area contributed by atoms with Crippen molar-refractivity contribution in [2.24, 2.45) is 5.92 Å². The van der Waals surface area contributed by atoms with E-state index in [-0.39, 0.29) is 24.2 Å².